The molecule has 1 saturated heterocycles. The molecule has 0 bridgehead atoms. The molecule has 1 aromatic heterocycles. The molecule has 106 valence electrons. The molecule has 1 fully saturated rings. The monoisotopic (exact) mass is 264 g/mol. The molecular weight excluding hydrogens is 240 g/mol. The number of ether oxygens (including phenoxy) is 1. The fourth-order valence-corrected chi connectivity index (χ4v) is 2.35. The third-order valence-electron chi connectivity index (χ3n) is 3.44. The van der Waals surface area contributed by atoms with Crippen molar-refractivity contribution in [3.8, 4) is 0 Å². The van der Waals surface area contributed by atoms with Crippen LogP contribution in [0.15, 0.2) is 12.1 Å². The molecule has 1 aliphatic heterocycles. The number of aliphatic hydroxyl groups is 1. The van der Waals surface area contributed by atoms with Crippen molar-refractivity contribution in [3.63, 3.8) is 0 Å². The molecule has 4 heteroatoms. The van der Waals surface area contributed by atoms with E-state index in [4.69, 9.17) is 9.72 Å². The molecule has 0 spiro atoms. The molecule has 0 aromatic carbocycles. The predicted octanol–water partition coefficient (Wildman–Crippen LogP) is 2.31. The minimum absolute atomic E-state index is 0.0646. The van der Waals surface area contributed by atoms with Gasteiger partial charge in [-0.2, -0.15) is 0 Å². The maximum atomic E-state index is 9.40. The highest BCUT2D eigenvalue weighted by atomic mass is 16.5. The highest BCUT2D eigenvalue weighted by molar-refractivity contribution is 5.43. The van der Waals surface area contributed by atoms with Gasteiger partial charge in [-0.1, -0.05) is 13.8 Å². The van der Waals surface area contributed by atoms with E-state index in [0.717, 1.165) is 43.2 Å². The van der Waals surface area contributed by atoms with E-state index in [9.17, 15) is 5.11 Å². The molecule has 2 rings (SSSR count). The van der Waals surface area contributed by atoms with Gasteiger partial charge in [0.05, 0.1) is 12.7 Å². The molecule has 1 aliphatic rings. The summed E-state index contributed by atoms with van der Waals surface area (Å²) < 4.78 is 5.67. The Labute approximate surface area is 115 Å². The molecule has 0 aliphatic carbocycles. The quantitative estimate of drug-likeness (QED) is 0.910. The average Bonchev–Trinajstić information content (AvgIpc) is 2.62. The molecule has 0 saturated carbocycles. The molecule has 0 amide bonds. The highest BCUT2D eigenvalue weighted by Gasteiger charge is 2.17. The number of nitrogens with zero attached hydrogens (tertiary/aromatic N) is 2. The van der Waals surface area contributed by atoms with Crippen LogP contribution in [0.4, 0.5) is 5.82 Å². The Hall–Kier alpha value is -1.13. The molecule has 1 unspecified atom stereocenters. The Kier molecular flexibility index (Phi) is 4.77. The lowest BCUT2D eigenvalue weighted by Gasteiger charge is -2.24. The van der Waals surface area contributed by atoms with Gasteiger partial charge < -0.3 is 14.7 Å². The number of hydrogen-bond acceptors (Lipinski definition) is 4. The number of aliphatic hydroxyl groups excluding tert-OH is 1. The summed E-state index contributed by atoms with van der Waals surface area (Å²) in [6.07, 6.45) is 1.25. The zero-order valence-electron chi connectivity index (χ0n) is 12.1. The van der Waals surface area contributed by atoms with Crippen LogP contribution in [0.25, 0.3) is 0 Å². The maximum Gasteiger partial charge on any atom is 0.129 e. The summed E-state index contributed by atoms with van der Waals surface area (Å²) in [7, 11) is 0. The fraction of sp³-hybridized carbons (Fsp3) is 0.667. The molecule has 4 nitrogen and oxygen atoms in total. The SMILES string of the molecule is CC1CN(c2cc(CO)cc(C(C)C)n2)CCCO1. The van der Waals surface area contributed by atoms with Gasteiger partial charge in [0, 0.05) is 25.4 Å². The summed E-state index contributed by atoms with van der Waals surface area (Å²) in [6, 6.07) is 3.98. The van der Waals surface area contributed by atoms with E-state index in [1.54, 1.807) is 0 Å². The molecule has 1 aromatic rings. The first-order valence-electron chi connectivity index (χ1n) is 7.08. The largest absolute Gasteiger partial charge is 0.392 e. The first-order chi connectivity index (χ1) is 9.10. The molecule has 1 atom stereocenters. The molecular formula is C15H24N2O2. The molecule has 0 radical (unpaired) electrons. The van der Waals surface area contributed by atoms with Crippen molar-refractivity contribution in [1.29, 1.82) is 0 Å². The van der Waals surface area contributed by atoms with Crippen LogP contribution in [-0.4, -0.2) is 35.9 Å². The Morgan fingerprint density at radius 1 is 1.47 bits per heavy atom. The van der Waals surface area contributed by atoms with Gasteiger partial charge in [0.1, 0.15) is 5.82 Å². The fourth-order valence-electron chi connectivity index (χ4n) is 2.35. The van der Waals surface area contributed by atoms with E-state index in [0.29, 0.717) is 5.92 Å². The number of aromatic nitrogens is 1. The standard InChI is InChI=1S/C15H24N2O2/c1-11(2)14-7-13(10-18)8-15(16-14)17-5-4-6-19-12(3)9-17/h7-8,11-12,18H,4-6,9-10H2,1-3H3. The van der Waals surface area contributed by atoms with Crippen LogP contribution < -0.4 is 4.90 Å². The Morgan fingerprint density at radius 3 is 2.95 bits per heavy atom. The van der Waals surface area contributed by atoms with Gasteiger partial charge in [-0.3, -0.25) is 0 Å². The van der Waals surface area contributed by atoms with Gasteiger partial charge in [-0.25, -0.2) is 4.98 Å². The van der Waals surface area contributed by atoms with Crippen molar-refractivity contribution in [1.82, 2.24) is 4.98 Å². The van der Waals surface area contributed by atoms with Crippen LogP contribution in [0.5, 0.6) is 0 Å². The summed E-state index contributed by atoms with van der Waals surface area (Å²) in [4.78, 5) is 7.01. The van der Waals surface area contributed by atoms with Crippen LogP contribution in [0.2, 0.25) is 0 Å². The van der Waals surface area contributed by atoms with Crippen molar-refractivity contribution in [3.05, 3.63) is 23.4 Å². The zero-order chi connectivity index (χ0) is 13.8. The second kappa shape index (κ2) is 6.35. The van der Waals surface area contributed by atoms with Gasteiger partial charge >= 0.3 is 0 Å². The van der Waals surface area contributed by atoms with Crippen LogP contribution in [0.1, 0.15) is 44.4 Å². The normalized spacial score (nSPS) is 20.7. The lowest BCUT2D eigenvalue weighted by Crippen LogP contribution is -2.31. The van der Waals surface area contributed by atoms with E-state index in [2.05, 4.69) is 25.7 Å². The van der Waals surface area contributed by atoms with Gasteiger partial charge in [0.25, 0.3) is 0 Å². The second-order valence-corrected chi connectivity index (χ2v) is 5.55. The van der Waals surface area contributed by atoms with E-state index in [1.165, 1.54) is 0 Å². The Balaban J connectivity index is 2.28. The Bertz CT molecular complexity index is 421. The summed E-state index contributed by atoms with van der Waals surface area (Å²) in [5.74, 6) is 1.33. The van der Waals surface area contributed by atoms with Gasteiger partial charge in [-0.05, 0) is 37.0 Å². The summed E-state index contributed by atoms with van der Waals surface area (Å²) in [5, 5.41) is 9.40. The van der Waals surface area contributed by atoms with E-state index in [1.807, 2.05) is 12.1 Å². The van der Waals surface area contributed by atoms with Crippen LogP contribution >= 0.6 is 0 Å². The second-order valence-electron chi connectivity index (χ2n) is 5.55. The van der Waals surface area contributed by atoms with Crippen molar-refractivity contribution in [2.24, 2.45) is 0 Å². The van der Waals surface area contributed by atoms with E-state index >= 15 is 0 Å². The van der Waals surface area contributed by atoms with Crippen molar-refractivity contribution in [2.45, 2.75) is 45.8 Å². The number of anilines is 1. The van der Waals surface area contributed by atoms with Crippen LogP contribution in [0.3, 0.4) is 0 Å². The Morgan fingerprint density at radius 2 is 2.26 bits per heavy atom. The van der Waals surface area contributed by atoms with Crippen LogP contribution in [0, 0.1) is 0 Å². The molecule has 19 heavy (non-hydrogen) atoms. The van der Waals surface area contributed by atoms with Gasteiger partial charge in [0.2, 0.25) is 0 Å². The average molecular weight is 264 g/mol. The number of rotatable bonds is 3. The summed E-state index contributed by atoms with van der Waals surface area (Å²) >= 11 is 0. The molecule has 2 heterocycles. The van der Waals surface area contributed by atoms with Gasteiger partial charge in [0.15, 0.2) is 0 Å². The number of pyridine rings is 1. The predicted molar refractivity (Wildman–Crippen MR) is 76.5 cm³/mol. The number of hydrogen-bond donors (Lipinski definition) is 1. The summed E-state index contributed by atoms with van der Waals surface area (Å²) in [5.41, 5.74) is 1.98. The van der Waals surface area contributed by atoms with E-state index < -0.39 is 0 Å². The third kappa shape index (κ3) is 3.67. The smallest absolute Gasteiger partial charge is 0.129 e. The van der Waals surface area contributed by atoms with E-state index in [-0.39, 0.29) is 12.7 Å². The topological polar surface area (TPSA) is 45.6 Å². The van der Waals surface area contributed by atoms with Crippen LogP contribution in [-0.2, 0) is 11.3 Å². The van der Waals surface area contributed by atoms with Crippen molar-refractivity contribution in [2.75, 3.05) is 24.6 Å². The molecule has 1 N–H and O–H groups in total. The lowest BCUT2D eigenvalue weighted by atomic mass is 10.1. The first-order valence-corrected chi connectivity index (χ1v) is 7.08. The summed E-state index contributed by atoms with van der Waals surface area (Å²) in [6.45, 7) is 9.05. The van der Waals surface area contributed by atoms with Crippen molar-refractivity contribution < 1.29 is 9.84 Å². The first kappa shape index (κ1) is 14.3. The lowest BCUT2D eigenvalue weighted by molar-refractivity contribution is 0.0820. The minimum Gasteiger partial charge on any atom is -0.392 e. The highest BCUT2D eigenvalue weighted by Crippen LogP contribution is 2.22. The van der Waals surface area contributed by atoms with Gasteiger partial charge in [-0.15, -0.1) is 0 Å². The third-order valence-corrected chi connectivity index (χ3v) is 3.44. The maximum absolute atomic E-state index is 9.40. The minimum atomic E-state index is 0.0646. The zero-order valence-corrected chi connectivity index (χ0v) is 12.1. The van der Waals surface area contributed by atoms with Crippen molar-refractivity contribution >= 4 is 5.82 Å².